The van der Waals surface area contributed by atoms with Crippen LogP contribution in [0.4, 0.5) is 11.6 Å². The number of aromatic nitrogens is 2. The van der Waals surface area contributed by atoms with Crippen LogP contribution in [0.2, 0.25) is 0 Å². The lowest BCUT2D eigenvalue weighted by atomic mass is 10.1. The first-order valence-corrected chi connectivity index (χ1v) is 5.68. The molecule has 0 radical (unpaired) electrons. The Hall–Kier alpha value is -1.36. The van der Waals surface area contributed by atoms with E-state index >= 15 is 0 Å². The van der Waals surface area contributed by atoms with Gasteiger partial charge in [-0.15, -0.1) is 0 Å². The van der Waals surface area contributed by atoms with Gasteiger partial charge in [-0.3, -0.25) is 0 Å². The van der Waals surface area contributed by atoms with Gasteiger partial charge in [0.2, 0.25) is 0 Å². The van der Waals surface area contributed by atoms with Crippen molar-refractivity contribution in [3.05, 3.63) is 11.9 Å². The maximum atomic E-state index is 5.45. The Morgan fingerprint density at radius 2 is 2.12 bits per heavy atom. The van der Waals surface area contributed by atoms with Crippen LogP contribution >= 0.6 is 0 Å². The van der Waals surface area contributed by atoms with Gasteiger partial charge in [0.25, 0.3) is 0 Å². The summed E-state index contributed by atoms with van der Waals surface area (Å²) in [7, 11) is 2.05. The van der Waals surface area contributed by atoms with Crippen LogP contribution in [0.15, 0.2) is 6.33 Å². The third kappa shape index (κ3) is 2.41. The fraction of sp³-hybridized carbons (Fsp3) is 0.636. The largest absolute Gasteiger partial charge is 0.357 e. The molecule has 0 bridgehead atoms. The monoisotopic (exact) mass is 223 g/mol. The van der Waals surface area contributed by atoms with Crippen LogP contribution in [0.5, 0.6) is 0 Å². The fourth-order valence-corrected chi connectivity index (χ4v) is 1.64. The quantitative estimate of drug-likeness (QED) is 0.585. The standard InChI is InChI=1S/C11H21N5/c1-5-8(3)16(4)11-9(6-2)10(15-12)13-7-14-11/h7-8H,5-6,12H2,1-4H3,(H,13,14,15). The van der Waals surface area contributed by atoms with E-state index in [0.717, 1.165) is 24.2 Å². The molecule has 1 aromatic rings. The lowest BCUT2D eigenvalue weighted by Crippen LogP contribution is -2.30. The molecular weight excluding hydrogens is 202 g/mol. The number of nitrogens with two attached hydrogens (primary N) is 1. The van der Waals surface area contributed by atoms with Crippen LogP contribution in [0.1, 0.15) is 32.8 Å². The second-order valence-corrected chi connectivity index (χ2v) is 3.89. The van der Waals surface area contributed by atoms with Crippen molar-refractivity contribution in [1.82, 2.24) is 9.97 Å². The van der Waals surface area contributed by atoms with Crippen LogP contribution < -0.4 is 16.2 Å². The minimum atomic E-state index is 0.450. The summed E-state index contributed by atoms with van der Waals surface area (Å²) in [6, 6.07) is 0.450. The zero-order valence-electron chi connectivity index (χ0n) is 10.5. The molecule has 0 saturated carbocycles. The number of nitrogens with one attached hydrogen (secondary N) is 1. The predicted molar refractivity (Wildman–Crippen MR) is 67.4 cm³/mol. The van der Waals surface area contributed by atoms with Crippen molar-refractivity contribution < 1.29 is 0 Å². The smallest absolute Gasteiger partial charge is 0.148 e. The summed E-state index contributed by atoms with van der Waals surface area (Å²) in [5.74, 6) is 7.11. The van der Waals surface area contributed by atoms with Crippen LogP contribution in [0.3, 0.4) is 0 Å². The van der Waals surface area contributed by atoms with Crippen molar-refractivity contribution in [2.45, 2.75) is 39.7 Å². The average Bonchev–Trinajstić information content (AvgIpc) is 2.35. The zero-order valence-corrected chi connectivity index (χ0v) is 10.5. The fourth-order valence-electron chi connectivity index (χ4n) is 1.64. The van der Waals surface area contributed by atoms with E-state index in [-0.39, 0.29) is 0 Å². The van der Waals surface area contributed by atoms with Gasteiger partial charge in [-0.05, 0) is 19.8 Å². The van der Waals surface area contributed by atoms with Gasteiger partial charge in [-0.1, -0.05) is 13.8 Å². The van der Waals surface area contributed by atoms with Gasteiger partial charge in [0.15, 0.2) is 0 Å². The first-order chi connectivity index (χ1) is 7.65. The van der Waals surface area contributed by atoms with E-state index in [1.807, 2.05) is 0 Å². The number of hydrazine groups is 1. The molecule has 1 unspecified atom stereocenters. The Kier molecular flexibility index (Phi) is 4.49. The van der Waals surface area contributed by atoms with Gasteiger partial charge in [0.05, 0.1) is 0 Å². The first-order valence-electron chi connectivity index (χ1n) is 5.68. The summed E-state index contributed by atoms with van der Waals surface area (Å²) in [4.78, 5) is 10.6. The molecule has 0 spiro atoms. The maximum absolute atomic E-state index is 5.45. The lowest BCUT2D eigenvalue weighted by Gasteiger charge is -2.27. The van der Waals surface area contributed by atoms with Gasteiger partial charge in [-0.25, -0.2) is 15.8 Å². The summed E-state index contributed by atoms with van der Waals surface area (Å²) in [5.41, 5.74) is 3.68. The normalized spacial score (nSPS) is 12.3. The number of hydrogen-bond acceptors (Lipinski definition) is 5. The van der Waals surface area contributed by atoms with E-state index in [1.165, 1.54) is 0 Å². The molecule has 1 aromatic heterocycles. The lowest BCUT2D eigenvalue weighted by molar-refractivity contribution is 0.653. The number of rotatable bonds is 5. The van der Waals surface area contributed by atoms with E-state index in [2.05, 4.69) is 48.1 Å². The highest BCUT2D eigenvalue weighted by Gasteiger charge is 2.15. The highest BCUT2D eigenvalue weighted by molar-refractivity contribution is 5.58. The van der Waals surface area contributed by atoms with Crippen molar-refractivity contribution in [2.75, 3.05) is 17.4 Å². The number of nitrogens with zero attached hydrogens (tertiary/aromatic N) is 3. The van der Waals surface area contributed by atoms with Crippen molar-refractivity contribution >= 4 is 11.6 Å². The molecule has 3 N–H and O–H groups in total. The van der Waals surface area contributed by atoms with Gasteiger partial charge < -0.3 is 10.3 Å². The second-order valence-electron chi connectivity index (χ2n) is 3.89. The molecule has 90 valence electrons. The third-order valence-electron chi connectivity index (χ3n) is 3.00. The molecule has 0 aromatic carbocycles. The van der Waals surface area contributed by atoms with Crippen LogP contribution in [-0.2, 0) is 6.42 Å². The Morgan fingerprint density at radius 1 is 1.44 bits per heavy atom. The maximum Gasteiger partial charge on any atom is 0.148 e. The molecule has 0 fully saturated rings. The zero-order chi connectivity index (χ0) is 12.1. The molecule has 0 aliphatic heterocycles. The van der Waals surface area contributed by atoms with Crippen LogP contribution in [0, 0.1) is 0 Å². The third-order valence-corrected chi connectivity index (χ3v) is 3.00. The van der Waals surface area contributed by atoms with Gasteiger partial charge in [0, 0.05) is 18.7 Å². The predicted octanol–water partition coefficient (Wildman–Crippen LogP) is 1.56. The molecular formula is C11H21N5. The molecule has 5 nitrogen and oxygen atoms in total. The summed E-state index contributed by atoms with van der Waals surface area (Å²) in [6.07, 6.45) is 3.48. The van der Waals surface area contributed by atoms with Gasteiger partial charge in [0.1, 0.15) is 18.0 Å². The first kappa shape index (κ1) is 12.7. The highest BCUT2D eigenvalue weighted by atomic mass is 15.3. The Bertz CT molecular complexity index is 339. The van der Waals surface area contributed by atoms with E-state index in [0.29, 0.717) is 11.9 Å². The number of hydrogen-bond donors (Lipinski definition) is 2. The van der Waals surface area contributed by atoms with Crippen molar-refractivity contribution in [1.29, 1.82) is 0 Å². The molecule has 0 aliphatic rings. The summed E-state index contributed by atoms with van der Waals surface area (Å²) in [6.45, 7) is 6.42. The Morgan fingerprint density at radius 3 is 2.62 bits per heavy atom. The van der Waals surface area contributed by atoms with Gasteiger partial charge in [-0.2, -0.15) is 0 Å². The van der Waals surface area contributed by atoms with Crippen molar-refractivity contribution in [3.8, 4) is 0 Å². The topological polar surface area (TPSA) is 67.1 Å². The highest BCUT2D eigenvalue weighted by Crippen LogP contribution is 2.24. The van der Waals surface area contributed by atoms with Gasteiger partial charge >= 0.3 is 0 Å². The number of nitrogen functional groups attached to an aromatic ring is 1. The average molecular weight is 223 g/mol. The van der Waals surface area contributed by atoms with E-state index in [1.54, 1.807) is 6.33 Å². The van der Waals surface area contributed by atoms with E-state index in [4.69, 9.17) is 5.84 Å². The number of anilines is 2. The molecule has 16 heavy (non-hydrogen) atoms. The van der Waals surface area contributed by atoms with E-state index in [9.17, 15) is 0 Å². The molecule has 1 atom stereocenters. The minimum absolute atomic E-state index is 0.450. The molecule has 1 rings (SSSR count). The summed E-state index contributed by atoms with van der Waals surface area (Å²) in [5, 5.41) is 0. The van der Waals surface area contributed by atoms with Crippen LogP contribution in [-0.4, -0.2) is 23.1 Å². The molecule has 5 heteroatoms. The van der Waals surface area contributed by atoms with Crippen molar-refractivity contribution in [3.63, 3.8) is 0 Å². The SMILES string of the molecule is CCc1c(NN)ncnc1N(C)C(C)CC. The molecule has 0 aliphatic carbocycles. The second kappa shape index (κ2) is 5.65. The molecule has 0 saturated heterocycles. The summed E-state index contributed by atoms with van der Waals surface area (Å²) < 4.78 is 0. The molecule has 0 amide bonds. The van der Waals surface area contributed by atoms with Crippen LogP contribution in [0.25, 0.3) is 0 Å². The van der Waals surface area contributed by atoms with E-state index < -0.39 is 0 Å². The minimum Gasteiger partial charge on any atom is -0.357 e. The molecule has 1 heterocycles. The Balaban J connectivity index is 3.12. The Labute approximate surface area is 97.0 Å². The van der Waals surface area contributed by atoms with Crippen molar-refractivity contribution in [2.24, 2.45) is 5.84 Å². The summed E-state index contributed by atoms with van der Waals surface area (Å²) >= 11 is 0.